The fourth-order valence-corrected chi connectivity index (χ4v) is 4.52. The van der Waals surface area contributed by atoms with Gasteiger partial charge in [0, 0.05) is 35.6 Å². The summed E-state index contributed by atoms with van der Waals surface area (Å²) in [5.74, 6) is 3.58. The first-order valence-electron chi connectivity index (χ1n) is 5.64. The molecule has 0 saturated carbocycles. The largest absolute Gasteiger partial charge is 0.392 e. The Labute approximate surface area is 104 Å². The summed E-state index contributed by atoms with van der Waals surface area (Å²) < 4.78 is 0. The minimum atomic E-state index is -0.365. The topological polar surface area (TPSA) is 61.4 Å². The summed E-state index contributed by atoms with van der Waals surface area (Å²) in [6.45, 7) is 1.29. The first kappa shape index (κ1) is 12.5. The lowest BCUT2D eigenvalue weighted by Crippen LogP contribution is -2.43. The minimum Gasteiger partial charge on any atom is -0.392 e. The molecule has 1 amide bonds. The molecule has 2 fully saturated rings. The molecule has 0 aromatic heterocycles. The van der Waals surface area contributed by atoms with E-state index in [4.69, 9.17) is 0 Å². The molecule has 2 aliphatic rings. The predicted molar refractivity (Wildman–Crippen MR) is 69.0 cm³/mol. The maximum Gasteiger partial charge on any atom is 0.237 e. The van der Waals surface area contributed by atoms with Crippen LogP contribution in [0.15, 0.2) is 0 Å². The van der Waals surface area contributed by atoms with E-state index in [9.17, 15) is 9.90 Å². The van der Waals surface area contributed by atoms with Gasteiger partial charge in [0.25, 0.3) is 0 Å². The highest BCUT2D eigenvalue weighted by Crippen LogP contribution is 2.23. The van der Waals surface area contributed by atoms with Gasteiger partial charge in [0.15, 0.2) is 0 Å². The Balaban J connectivity index is 1.67. The zero-order valence-electron chi connectivity index (χ0n) is 9.15. The Hall–Kier alpha value is 0.0900. The zero-order valence-corrected chi connectivity index (χ0v) is 10.8. The van der Waals surface area contributed by atoms with E-state index in [1.54, 1.807) is 0 Å². The van der Waals surface area contributed by atoms with Crippen LogP contribution in [-0.2, 0) is 4.79 Å². The van der Waals surface area contributed by atoms with Gasteiger partial charge in [-0.3, -0.25) is 4.79 Å². The lowest BCUT2D eigenvalue weighted by Gasteiger charge is -2.22. The van der Waals surface area contributed by atoms with Crippen molar-refractivity contribution in [1.82, 2.24) is 10.6 Å². The Morgan fingerprint density at radius 2 is 2.38 bits per heavy atom. The molecule has 2 rings (SSSR count). The molecule has 2 saturated heterocycles. The van der Waals surface area contributed by atoms with Crippen LogP contribution in [0.4, 0.5) is 0 Å². The quantitative estimate of drug-likeness (QED) is 0.650. The molecule has 4 nitrogen and oxygen atoms in total. The van der Waals surface area contributed by atoms with Crippen molar-refractivity contribution in [3.05, 3.63) is 0 Å². The second kappa shape index (κ2) is 6.14. The molecule has 6 heteroatoms. The fourth-order valence-electron chi connectivity index (χ4n) is 1.91. The molecule has 0 spiro atoms. The van der Waals surface area contributed by atoms with Crippen molar-refractivity contribution in [1.29, 1.82) is 0 Å². The number of hydrogen-bond donors (Lipinski definition) is 3. The molecule has 0 aromatic carbocycles. The van der Waals surface area contributed by atoms with Crippen molar-refractivity contribution in [2.45, 2.75) is 23.8 Å². The maximum absolute atomic E-state index is 11.7. The van der Waals surface area contributed by atoms with Crippen molar-refractivity contribution in [3.63, 3.8) is 0 Å². The molecule has 2 heterocycles. The summed E-state index contributed by atoms with van der Waals surface area (Å²) >= 11 is 3.90. The Morgan fingerprint density at radius 1 is 1.50 bits per heavy atom. The van der Waals surface area contributed by atoms with Gasteiger partial charge < -0.3 is 15.7 Å². The smallest absolute Gasteiger partial charge is 0.237 e. The molecule has 3 atom stereocenters. The molecule has 0 aromatic rings. The van der Waals surface area contributed by atoms with Crippen LogP contribution < -0.4 is 10.6 Å². The number of nitrogens with one attached hydrogen (secondary N) is 2. The fraction of sp³-hybridized carbons (Fsp3) is 0.900. The molecule has 0 bridgehead atoms. The third kappa shape index (κ3) is 3.55. The van der Waals surface area contributed by atoms with E-state index in [0.717, 1.165) is 12.3 Å². The number of aliphatic hydroxyl groups excluding tert-OH is 1. The van der Waals surface area contributed by atoms with Crippen molar-refractivity contribution >= 4 is 29.4 Å². The summed E-state index contributed by atoms with van der Waals surface area (Å²) in [5, 5.41) is 15.9. The zero-order chi connectivity index (χ0) is 11.4. The van der Waals surface area contributed by atoms with Crippen LogP contribution in [0.1, 0.15) is 6.42 Å². The van der Waals surface area contributed by atoms with Gasteiger partial charge in [-0.25, -0.2) is 0 Å². The lowest BCUT2D eigenvalue weighted by molar-refractivity contribution is -0.122. The van der Waals surface area contributed by atoms with Gasteiger partial charge in [-0.15, -0.1) is 0 Å². The number of amides is 1. The Bertz CT molecular complexity index is 247. The summed E-state index contributed by atoms with van der Waals surface area (Å²) in [6, 6.07) is -0.198. The molecule has 2 aliphatic heterocycles. The monoisotopic (exact) mass is 262 g/mol. The molecule has 92 valence electrons. The average Bonchev–Trinajstić information content (AvgIpc) is 2.74. The molecular formula is C10H18N2O2S2. The first-order valence-corrected chi connectivity index (χ1v) is 7.84. The van der Waals surface area contributed by atoms with Crippen LogP contribution >= 0.6 is 23.5 Å². The van der Waals surface area contributed by atoms with Gasteiger partial charge in [-0.1, -0.05) is 0 Å². The standard InChI is InChI=1S/C10H18N2O2S2/c13-7-3-9(11-4-7)10(14)12-5-8-6-15-1-2-16-8/h7-9,11,13H,1-6H2,(H,12,14). The Kier molecular flexibility index (Phi) is 4.81. The maximum atomic E-state index is 11.7. The second-order valence-electron chi connectivity index (χ2n) is 4.16. The van der Waals surface area contributed by atoms with Gasteiger partial charge in [-0.2, -0.15) is 23.5 Å². The van der Waals surface area contributed by atoms with E-state index >= 15 is 0 Å². The van der Waals surface area contributed by atoms with Crippen molar-refractivity contribution in [2.75, 3.05) is 30.3 Å². The number of β-amino-alcohol motifs (C(OH)–C–C–N with tert-alkyl or cyclic N) is 1. The molecule has 3 unspecified atom stereocenters. The van der Waals surface area contributed by atoms with Crippen molar-refractivity contribution in [3.8, 4) is 0 Å². The normalized spacial score (nSPS) is 34.9. The van der Waals surface area contributed by atoms with Crippen LogP contribution in [0.25, 0.3) is 0 Å². The summed E-state index contributed by atoms with van der Waals surface area (Å²) in [4.78, 5) is 11.7. The van der Waals surface area contributed by atoms with Crippen LogP contribution in [0, 0.1) is 0 Å². The van der Waals surface area contributed by atoms with Crippen LogP contribution in [0.5, 0.6) is 0 Å². The summed E-state index contributed by atoms with van der Waals surface area (Å²) in [6.07, 6.45) is 0.175. The minimum absolute atomic E-state index is 0.0349. The van der Waals surface area contributed by atoms with E-state index in [1.165, 1.54) is 11.5 Å². The third-order valence-electron chi connectivity index (χ3n) is 2.81. The van der Waals surface area contributed by atoms with Gasteiger partial charge in [0.1, 0.15) is 0 Å². The predicted octanol–water partition coefficient (Wildman–Crippen LogP) is -0.326. The highest BCUT2D eigenvalue weighted by Gasteiger charge is 2.28. The van der Waals surface area contributed by atoms with E-state index < -0.39 is 0 Å². The molecule has 16 heavy (non-hydrogen) atoms. The average molecular weight is 262 g/mol. The van der Waals surface area contributed by atoms with Gasteiger partial charge in [0.05, 0.1) is 12.1 Å². The van der Waals surface area contributed by atoms with E-state index in [2.05, 4.69) is 10.6 Å². The second-order valence-corrected chi connectivity index (χ2v) is 6.72. The molecule has 0 aliphatic carbocycles. The van der Waals surface area contributed by atoms with Gasteiger partial charge in [0.2, 0.25) is 5.91 Å². The number of carbonyl (C=O) groups excluding carboxylic acids is 1. The lowest BCUT2D eigenvalue weighted by atomic mass is 10.2. The molecule has 0 radical (unpaired) electrons. The highest BCUT2D eigenvalue weighted by molar-refractivity contribution is 8.06. The van der Waals surface area contributed by atoms with Gasteiger partial charge >= 0.3 is 0 Å². The van der Waals surface area contributed by atoms with Crippen molar-refractivity contribution in [2.24, 2.45) is 0 Å². The van der Waals surface area contributed by atoms with Gasteiger partial charge in [-0.05, 0) is 6.42 Å². The first-order chi connectivity index (χ1) is 7.75. The van der Waals surface area contributed by atoms with E-state index in [1.807, 2.05) is 23.5 Å². The number of carbonyl (C=O) groups is 1. The van der Waals surface area contributed by atoms with E-state index in [0.29, 0.717) is 18.2 Å². The molecule has 3 N–H and O–H groups in total. The number of thioether (sulfide) groups is 2. The number of hydrogen-bond acceptors (Lipinski definition) is 5. The number of rotatable bonds is 3. The van der Waals surface area contributed by atoms with Crippen LogP contribution in [0.2, 0.25) is 0 Å². The number of aliphatic hydroxyl groups is 1. The van der Waals surface area contributed by atoms with E-state index in [-0.39, 0.29) is 18.1 Å². The Morgan fingerprint density at radius 3 is 3.00 bits per heavy atom. The summed E-state index contributed by atoms with van der Waals surface area (Å²) in [7, 11) is 0. The summed E-state index contributed by atoms with van der Waals surface area (Å²) in [5.41, 5.74) is 0. The SMILES string of the molecule is O=C(NCC1CSCCS1)C1CC(O)CN1. The van der Waals surface area contributed by atoms with Crippen molar-refractivity contribution < 1.29 is 9.90 Å². The molecular weight excluding hydrogens is 244 g/mol. The third-order valence-corrected chi connectivity index (χ3v) is 5.66. The van der Waals surface area contributed by atoms with Crippen LogP contribution in [0.3, 0.4) is 0 Å². The highest BCUT2D eigenvalue weighted by atomic mass is 32.2. The van der Waals surface area contributed by atoms with Crippen LogP contribution in [-0.4, -0.2) is 58.8 Å².